The Morgan fingerprint density at radius 2 is 2.32 bits per heavy atom. The number of likely N-dealkylation sites (N-methyl/N-ethyl adjacent to an activating group) is 1. The lowest BCUT2D eigenvalue weighted by Gasteiger charge is -2.17. The standard InChI is InChI=1S/C11H17ClN6S/c1-13-10(9-7-19-16-15-9)11-8(12)6-14-18(11)5-4-17(2)3/h6-7,10,13H,4-5H2,1-3H3. The smallest absolute Gasteiger partial charge is 0.0986 e. The van der Waals surface area contributed by atoms with E-state index >= 15 is 0 Å². The summed E-state index contributed by atoms with van der Waals surface area (Å²) in [5, 5.41) is 14.2. The van der Waals surface area contributed by atoms with E-state index in [0.29, 0.717) is 5.02 Å². The van der Waals surface area contributed by atoms with Gasteiger partial charge in [0.25, 0.3) is 0 Å². The molecule has 0 fully saturated rings. The molecule has 0 aromatic carbocycles. The monoisotopic (exact) mass is 300 g/mol. The minimum atomic E-state index is -0.0871. The largest absolute Gasteiger partial charge is 0.308 e. The number of hydrogen-bond donors (Lipinski definition) is 1. The van der Waals surface area contributed by atoms with Crippen LogP contribution in [0.2, 0.25) is 5.02 Å². The number of halogens is 1. The first-order chi connectivity index (χ1) is 9.13. The summed E-state index contributed by atoms with van der Waals surface area (Å²) in [7, 11) is 5.94. The molecular formula is C11H17ClN6S. The van der Waals surface area contributed by atoms with Crippen LogP contribution in [0.4, 0.5) is 0 Å². The molecule has 1 N–H and O–H groups in total. The van der Waals surface area contributed by atoms with E-state index in [9.17, 15) is 0 Å². The minimum absolute atomic E-state index is 0.0871. The number of hydrogen-bond acceptors (Lipinski definition) is 6. The highest BCUT2D eigenvalue weighted by Gasteiger charge is 2.22. The number of aromatic nitrogens is 4. The average molecular weight is 301 g/mol. The summed E-state index contributed by atoms with van der Waals surface area (Å²) in [5.41, 5.74) is 1.79. The molecule has 0 amide bonds. The van der Waals surface area contributed by atoms with Crippen LogP contribution in [0.3, 0.4) is 0 Å². The third-order valence-corrected chi connectivity index (χ3v) is 3.64. The maximum Gasteiger partial charge on any atom is 0.0986 e. The highest BCUT2D eigenvalue weighted by atomic mass is 35.5. The molecule has 1 atom stereocenters. The van der Waals surface area contributed by atoms with Crippen LogP contribution >= 0.6 is 23.1 Å². The summed E-state index contributed by atoms with van der Waals surface area (Å²) in [4.78, 5) is 2.11. The van der Waals surface area contributed by atoms with Gasteiger partial charge in [-0.15, -0.1) is 5.10 Å². The molecule has 1 unspecified atom stereocenters. The molecule has 2 heterocycles. The van der Waals surface area contributed by atoms with Gasteiger partial charge in [0, 0.05) is 11.9 Å². The Balaban J connectivity index is 2.29. The lowest BCUT2D eigenvalue weighted by molar-refractivity contribution is 0.366. The average Bonchev–Trinajstić information content (AvgIpc) is 3.00. The Bertz CT molecular complexity index is 509. The Morgan fingerprint density at radius 3 is 2.89 bits per heavy atom. The van der Waals surface area contributed by atoms with E-state index in [4.69, 9.17) is 11.6 Å². The first kappa shape index (κ1) is 14.4. The molecule has 0 aliphatic carbocycles. The van der Waals surface area contributed by atoms with Gasteiger partial charge in [-0.2, -0.15) is 5.10 Å². The fourth-order valence-corrected chi connectivity index (χ4v) is 2.58. The van der Waals surface area contributed by atoms with Crippen molar-refractivity contribution >= 4 is 23.1 Å². The summed E-state index contributed by atoms with van der Waals surface area (Å²) in [6.45, 7) is 1.68. The number of nitrogens with one attached hydrogen (secondary N) is 1. The van der Waals surface area contributed by atoms with E-state index in [-0.39, 0.29) is 6.04 Å². The lowest BCUT2D eigenvalue weighted by Crippen LogP contribution is -2.25. The summed E-state index contributed by atoms with van der Waals surface area (Å²) in [5.74, 6) is 0. The van der Waals surface area contributed by atoms with E-state index in [1.807, 2.05) is 31.2 Å². The molecule has 0 aliphatic rings. The van der Waals surface area contributed by atoms with Crippen molar-refractivity contribution in [2.24, 2.45) is 0 Å². The van der Waals surface area contributed by atoms with Gasteiger partial charge < -0.3 is 10.2 Å². The molecule has 2 aromatic heterocycles. The van der Waals surface area contributed by atoms with E-state index in [2.05, 4.69) is 24.9 Å². The van der Waals surface area contributed by atoms with Gasteiger partial charge in [-0.25, -0.2) is 0 Å². The maximum atomic E-state index is 6.27. The van der Waals surface area contributed by atoms with Gasteiger partial charge in [0.05, 0.1) is 35.2 Å². The third kappa shape index (κ3) is 3.30. The molecule has 6 nitrogen and oxygen atoms in total. The van der Waals surface area contributed by atoms with Gasteiger partial charge in [-0.05, 0) is 32.7 Å². The van der Waals surface area contributed by atoms with Gasteiger partial charge in [0.2, 0.25) is 0 Å². The first-order valence-corrected chi connectivity index (χ1v) is 7.15. The molecule has 0 aliphatic heterocycles. The summed E-state index contributed by atoms with van der Waals surface area (Å²) < 4.78 is 5.82. The van der Waals surface area contributed by atoms with Crippen LogP contribution < -0.4 is 5.32 Å². The predicted molar refractivity (Wildman–Crippen MR) is 76.6 cm³/mol. The summed E-state index contributed by atoms with van der Waals surface area (Å²) >= 11 is 7.60. The van der Waals surface area contributed by atoms with Crippen molar-refractivity contribution in [3.05, 3.63) is 28.0 Å². The molecule has 104 valence electrons. The molecule has 0 saturated heterocycles. The second kappa shape index (κ2) is 6.42. The van der Waals surface area contributed by atoms with Crippen LogP contribution in [-0.2, 0) is 6.54 Å². The molecule has 2 rings (SSSR count). The van der Waals surface area contributed by atoms with Crippen molar-refractivity contribution in [3.8, 4) is 0 Å². The van der Waals surface area contributed by atoms with Gasteiger partial charge in [0.1, 0.15) is 0 Å². The van der Waals surface area contributed by atoms with Gasteiger partial charge in [-0.3, -0.25) is 4.68 Å². The third-order valence-electron chi connectivity index (χ3n) is 2.83. The zero-order valence-corrected chi connectivity index (χ0v) is 12.7. The Kier molecular flexibility index (Phi) is 4.87. The van der Waals surface area contributed by atoms with E-state index in [1.165, 1.54) is 11.5 Å². The molecule has 8 heteroatoms. The second-order valence-electron chi connectivity index (χ2n) is 4.46. The van der Waals surface area contributed by atoms with Gasteiger partial charge >= 0.3 is 0 Å². The molecule has 0 spiro atoms. The predicted octanol–water partition coefficient (Wildman–Crippen LogP) is 1.26. The van der Waals surface area contributed by atoms with Crippen molar-refractivity contribution in [2.75, 3.05) is 27.7 Å². The Labute approximate surface area is 121 Å². The molecule has 0 bridgehead atoms. The lowest BCUT2D eigenvalue weighted by atomic mass is 10.1. The zero-order chi connectivity index (χ0) is 13.8. The summed E-state index contributed by atoms with van der Waals surface area (Å²) in [6, 6.07) is -0.0871. The molecule has 19 heavy (non-hydrogen) atoms. The topological polar surface area (TPSA) is 58.9 Å². The summed E-state index contributed by atoms with van der Waals surface area (Å²) in [6.07, 6.45) is 1.68. The number of rotatable bonds is 6. The first-order valence-electron chi connectivity index (χ1n) is 5.93. The van der Waals surface area contributed by atoms with Crippen LogP contribution in [0.15, 0.2) is 11.6 Å². The SMILES string of the molecule is CNC(c1csnn1)c1c(Cl)cnn1CCN(C)C. The van der Waals surface area contributed by atoms with Crippen molar-refractivity contribution in [3.63, 3.8) is 0 Å². The van der Waals surface area contributed by atoms with E-state index in [0.717, 1.165) is 24.5 Å². The molecule has 2 aromatic rings. The van der Waals surface area contributed by atoms with Gasteiger partial charge in [-0.1, -0.05) is 16.1 Å². The Hall–Kier alpha value is -1.02. The van der Waals surface area contributed by atoms with Gasteiger partial charge in [0.15, 0.2) is 0 Å². The fraction of sp³-hybridized carbons (Fsp3) is 0.545. The minimum Gasteiger partial charge on any atom is -0.308 e. The molecular weight excluding hydrogens is 284 g/mol. The zero-order valence-electron chi connectivity index (χ0n) is 11.2. The quantitative estimate of drug-likeness (QED) is 0.870. The highest BCUT2D eigenvalue weighted by molar-refractivity contribution is 7.03. The normalized spacial score (nSPS) is 13.1. The van der Waals surface area contributed by atoms with Crippen LogP contribution in [0.25, 0.3) is 0 Å². The van der Waals surface area contributed by atoms with Crippen molar-refractivity contribution in [2.45, 2.75) is 12.6 Å². The van der Waals surface area contributed by atoms with Crippen LogP contribution in [0, 0.1) is 0 Å². The Morgan fingerprint density at radius 1 is 1.53 bits per heavy atom. The fourth-order valence-electron chi connectivity index (χ4n) is 1.85. The maximum absolute atomic E-state index is 6.27. The van der Waals surface area contributed by atoms with E-state index in [1.54, 1.807) is 6.20 Å². The van der Waals surface area contributed by atoms with Crippen LogP contribution in [0.1, 0.15) is 17.4 Å². The van der Waals surface area contributed by atoms with Crippen LogP contribution in [-0.4, -0.2) is 52.0 Å². The second-order valence-corrected chi connectivity index (χ2v) is 5.47. The van der Waals surface area contributed by atoms with E-state index < -0.39 is 0 Å². The molecule has 0 saturated carbocycles. The van der Waals surface area contributed by atoms with Crippen molar-refractivity contribution in [1.82, 2.24) is 29.6 Å². The van der Waals surface area contributed by atoms with Crippen LogP contribution in [0.5, 0.6) is 0 Å². The highest BCUT2D eigenvalue weighted by Crippen LogP contribution is 2.27. The van der Waals surface area contributed by atoms with Crippen molar-refractivity contribution < 1.29 is 0 Å². The number of nitrogens with zero attached hydrogens (tertiary/aromatic N) is 5. The van der Waals surface area contributed by atoms with Crippen molar-refractivity contribution in [1.29, 1.82) is 0 Å². The molecule has 0 radical (unpaired) electrons.